The van der Waals surface area contributed by atoms with E-state index in [1.54, 1.807) is 11.8 Å². The molecule has 0 spiro atoms. The fourth-order valence-corrected chi connectivity index (χ4v) is 3.67. The van der Waals surface area contributed by atoms with Gasteiger partial charge < -0.3 is 4.90 Å². The first-order chi connectivity index (χ1) is 11.8. The lowest BCUT2D eigenvalue weighted by atomic mass is 10.1. The number of carbonyl (C=O) groups is 1. The summed E-state index contributed by atoms with van der Waals surface area (Å²) >= 11 is 1.67. The van der Waals surface area contributed by atoms with Crippen LogP contribution >= 0.6 is 11.8 Å². The van der Waals surface area contributed by atoms with E-state index < -0.39 is 0 Å². The van der Waals surface area contributed by atoms with Crippen LogP contribution in [0, 0.1) is 0 Å². The summed E-state index contributed by atoms with van der Waals surface area (Å²) in [5.41, 5.74) is 1.55. The molecular weight excluding hydrogens is 320 g/mol. The quantitative estimate of drug-likeness (QED) is 0.687. The van der Waals surface area contributed by atoms with Crippen LogP contribution < -0.4 is 0 Å². The van der Waals surface area contributed by atoms with E-state index in [9.17, 15) is 4.79 Å². The van der Waals surface area contributed by atoms with Crippen molar-refractivity contribution in [3.05, 3.63) is 60.0 Å². The minimum absolute atomic E-state index is 0.0184. The smallest absolute Gasteiger partial charge is 0.254 e. The van der Waals surface area contributed by atoms with E-state index in [1.165, 1.54) is 0 Å². The van der Waals surface area contributed by atoms with Gasteiger partial charge in [0, 0.05) is 23.2 Å². The van der Waals surface area contributed by atoms with E-state index in [0.29, 0.717) is 0 Å². The zero-order valence-electron chi connectivity index (χ0n) is 13.4. The van der Waals surface area contributed by atoms with Gasteiger partial charge in [0.15, 0.2) is 11.5 Å². The Labute approximate surface area is 144 Å². The first-order valence-electron chi connectivity index (χ1n) is 8.02. The number of thioether (sulfide) groups is 1. The van der Waals surface area contributed by atoms with Gasteiger partial charge in [-0.1, -0.05) is 6.07 Å². The van der Waals surface area contributed by atoms with Gasteiger partial charge in [-0.2, -0.15) is 0 Å². The Bertz CT molecular complexity index is 874. The number of hydrogen-bond donors (Lipinski definition) is 0. The fourth-order valence-electron chi connectivity index (χ4n) is 3.26. The monoisotopic (exact) mass is 338 g/mol. The summed E-state index contributed by atoms with van der Waals surface area (Å²) in [6.07, 6.45) is 5.90. The maximum absolute atomic E-state index is 12.9. The maximum atomic E-state index is 12.9. The average molecular weight is 338 g/mol. The van der Waals surface area contributed by atoms with Gasteiger partial charge in [-0.3, -0.25) is 9.20 Å². The van der Waals surface area contributed by atoms with Gasteiger partial charge >= 0.3 is 0 Å². The summed E-state index contributed by atoms with van der Waals surface area (Å²) in [6.45, 7) is 0.759. The van der Waals surface area contributed by atoms with Crippen LogP contribution in [0.2, 0.25) is 0 Å². The minimum atomic E-state index is -0.0184. The molecule has 3 heterocycles. The molecule has 0 saturated carbocycles. The number of carbonyl (C=O) groups excluding carboxylic acids is 1. The third kappa shape index (κ3) is 2.57. The van der Waals surface area contributed by atoms with Crippen molar-refractivity contribution < 1.29 is 4.79 Å². The fraction of sp³-hybridized carbons (Fsp3) is 0.278. The Morgan fingerprint density at radius 2 is 2.00 bits per heavy atom. The van der Waals surface area contributed by atoms with Gasteiger partial charge in [0.05, 0.1) is 6.04 Å². The molecule has 3 aromatic rings. The molecule has 0 radical (unpaired) electrons. The molecular formula is C18H18N4OS. The SMILES string of the molecule is CSc1ccc(C(=O)N2CCC[C@@H]2c2nnc3ccccn23)cc1. The van der Waals surface area contributed by atoms with Crippen molar-refractivity contribution in [3.8, 4) is 0 Å². The highest BCUT2D eigenvalue weighted by Gasteiger charge is 2.33. The lowest BCUT2D eigenvalue weighted by molar-refractivity contribution is 0.0729. The molecule has 1 aliphatic rings. The van der Waals surface area contributed by atoms with Gasteiger partial charge in [-0.15, -0.1) is 22.0 Å². The van der Waals surface area contributed by atoms with Crippen LogP contribution in [0.25, 0.3) is 5.65 Å². The van der Waals surface area contributed by atoms with Crippen LogP contribution in [0.3, 0.4) is 0 Å². The number of nitrogens with zero attached hydrogens (tertiary/aromatic N) is 4. The Morgan fingerprint density at radius 1 is 1.17 bits per heavy atom. The Morgan fingerprint density at radius 3 is 2.79 bits per heavy atom. The van der Waals surface area contributed by atoms with Crippen LogP contribution in [0.4, 0.5) is 0 Å². The molecule has 122 valence electrons. The van der Waals surface area contributed by atoms with Crippen molar-refractivity contribution in [3.63, 3.8) is 0 Å². The van der Waals surface area contributed by atoms with Crippen molar-refractivity contribution in [2.24, 2.45) is 0 Å². The molecule has 1 atom stereocenters. The first-order valence-corrected chi connectivity index (χ1v) is 9.25. The lowest BCUT2D eigenvalue weighted by Crippen LogP contribution is -2.31. The molecule has 1 amide bonds. The van der Waals surface area contributed by atoms with Crippen LogP contribution in [-0.2, 0) is 0 Å². The zero-order chi connectivity index (χ0) is 16.5. The summed E-state index contributed by atoms with van der Waals surface area (Å²) in [7, 11) is 0. The molecule has 1 aromatic carbocycles. The van der Waals surface area contributed by atoms with E-state index >= 15 is 0 Å². The Hall–Kier alpha value is -2.34. The highest BCUT2D eigenvalue weighted by Crippen LogP contribution is 2.32. The Balaban J connectivity index is 1.65. The molecule has 0 aliphatic carbocycles. The van der Waals surface area contributed by atoms with Crippen LogP contribution in [0.1, 0.15) is 35.1 Å². The van der Waals surface area contributed by atoms with Gasteiger partial charge in [0.2, 0.25) is 0 Å². The molecule has 2 aromatic heterocycles. The van der Waals surface area contributed by atoms with Gasteiger partial charge in [-0.05, 0) is 55.5 Å². The van der Waals surface area contributed by atoms with E-state index in [4.69, 9.17) is 0 Å². The van der Waals surface area contributed by atoms with Gasteiger partial charge in [0.1, 0.15) is 0 Å². The van der Waals surface area contributed by atoms with Crippen molar-refractivity contribution in [1.29, 1.82) is 0 Å². The highest BCUT2D eigenvalue weighted by molar-refractivity contribution is 7.98. The second-order valence-corrected chi connectivity index (χ2v) is 6.75. The number of likely N-dealkylation sites (tertiary alicyclic amines) is 1. The molecule has 4 rings (SSSR count). The highest BCUT2D eigenvalue weighted by atomic mass is 32.2. The van der Waals surface area contributed by atoms with Gasteiger partial charge in [-0.25, -0.2) is 0 Å². The molecule has 1 fully saturated rings. The number of pyridine rings is 1. The number of aromatic nitrogens is 3. The third-order valence-corrected chi connectivity index (χ3v) is 5.23. The topological polar surface area (TPSA) is 50.5 Å². The number of benzene rings is 1. The lowest BCUT2D eigenvalue weighted by Gasteiger charge is -2.23. The molecule has 0 unspecified atom stereocenters. The van der Waals surface area contributed by atoms with Crippen molar-refractivity contribution in [1.82, 2.24) is 19.5 Å². The van der Waals surface area contributed by atoms with E-state index in [2.05, 4.69) is 10.2 Å². The summed E-state index contributed by atoms with van der Waals surface area (Å²) in [4.78, 5) is 16.0. The standard InChI is InChI=1S/C18H18N4OS/c1-24-14-9-7-13(8-10-14)18(23)21-12-4-5-15(21)17-20-19-16-6-2-3-11-22(16)17/h2-3,6-11,15H,4-5,12H2,1H3/t15-/m1/s1. The van der Waals surface area contributed by atoms with Crippen LogP contribution in [0.5, 0.6) is 0 Å². The van der Waals surface area contributed by atoms with Crippen molar-refractivity contribution in [2.75, 3.05) is 12.8 Å². The largest absolute Gasteiger partial charge is 0.328 e. The number of amides is 1. The molecule has 24 heavy (non-hydrogen) atoms. The van der Waals surface area contributed by atoms with Gasteiger partial charge in [0.25, 0.3) is 5.91 Å². The van der Waals surface area contributed by atoms with Crippen LogP contribution in [-0.4, -0.2) is 38.2 Å². The summed E-state index contributed by atoms with van der Waals surface area (Å²) in [5, 5.41) is 8.57. The second kappa shape index (κ2) is 6.28. The van der Waals surface area contributed by atoms with Crippen LogP contribution in [0.15, 0.2) is 53.6 Å². The first kappa shape index (κ1) is 15.2. The zero-order valence-corrected chi connectivity index (χ0v) is 14.2. The summed E-state index contributed by atoms with van der Waals surface area (Å²) in [5.74, 6) is 0.912. The molecule has 1 aliphatic heterocycles. The number of fused-ring (bicyclic) bond motifs is 1. The summed E-state index contributed by atoms with van der Waals surface area (Å²) in [6, 6.07) is 13.6. The number of hydrogen-bond acceptors (Lipinski definition) is 4. The molecule has 0 bridgehead atoms. The second-order valence-electron chi connectivity index (χ2n) is 5.87. The predicted molar refractivity (Wildman–Crippen MR) is 94.2 cm³/mol. The normalized spacial score (nSPS) is 17.5. The van der Waals surface area contributed by atoms with Crippen molar-refractivity contribution >= 4 is 23.3 Å². The Kier molecular flexibility index (Phi) is 3.98. The molecule has 0 N–H and O–H groups in total. The minimum Gasteiger partial charge on any atom is -0.328 e. The average Bonchev–Trinajstić information content (AvgIpc) is 3.27. The van der Waals surface area contributed by atoms with Crippen molar-refractivity contribution in [2.45, 2.75) is 23.8 Å². The van der Waals surface area contributed by atoms with E-state index in [0.717, 1.165) is 41.3 Å². The predicted octanol–water partition coefficient (Wildman–Crippen LogP) is 3.43. The summed E-state index contributed by atoms with van der Waals surface area (Å²) < 4.78 is 1.98. The molecule has 1 saturated heterocycles. The molecule has 5 nitrogen and oxygen atoms in total. The molecule has 6 heteroatoms. The third-order valence-electron chi connectivity index (χ3n) is 4.49. The maximum Gasteiger partial charge on any atom is 0.254 e. The van der Waals surface area contributed by atoms with E-state index in [1.807, 2.05) is 64.2 Å². The number of rotatable bonds is 3. The van der Waals surface area contributed by atoms with E-state index in [-0.39, 0.29) is 11.9 Å².